The van der Waals surface area contributed by atoms with Gasteiger partial charge in [-0.3, -0.25) is 19.2 Å². The van der Waals surface area contributed by atoms with E-state index in [1.165, 1.54) is 20.8 Å². The third-order valence-electron chi connectivity index (χ3n) is 3.97. The van der Waals surface area contributed by atoms with Crippen molar-refractivity contribution in [3.63, 3.8) is 0 Å². The third kappa shape index (κ3) is 6.25. The first-order valence-electron chi connectivity index (χ1n) is 7.45. The Morgan fingerprint density at radius 3 is 1.87 bits per heavy atom. The van der Waals surface area contributed by atoms with Crippen LogP contribution in [0.2, 0.25) is 0 Å². The number of esters is 3. The second-order valence-electron chi connectivity index (χ2n) is 5.62. The fraction of sp³-hybridized carbons (Fsp3) is 0.733. The summed E-state index contributed by atoms with van der Waals surface area (Å²) in [5.74, 6) is -1.76. The van der Waals surface area contributed by atoms with Crippen molar-refractivity contribution in [2.24, 2.45) is 17.8 Å². The molecule has 1 rings (SSSR count). The molecule has 130 valence electrons. The van der Waals surface area contributed by atoms with Crippen molar-refractivity contribution < 1.29 is 33.4 Å². The highest BCUT2D eigenvalue weighted by Gasteiger charge is 2.44. The van der Waals surface area contributed by atoms with Crippen molar-refractivity contribution in [1.29, 1.82) is 0 Å². The lowest BCUT2D eigenvalue weighted by Gasteiger charge is -2.25. The van der Waals surface area contributed by atoms with Crippen LogP contribution in [0.4, 0.5) is 0 Å². The lowest BCUT2D eigenvalue weighted by molar-refractivity contribution is -0.149. The van der Waals surface area contributed by atoms with Crippen molar-refractivity contribution >= 4 is 24.3 Å². The van der Waals surface area contributed by atoms with Gasteiger partial charge < -0.3 is 19.5 Å². The summed E-state index contributed by atoms with van der Waals surface area (Å²) >= 11 is 0. The van der Waals surface area contributed by atoms with Gasteiger partial charge in [-0.1, -0.05) is 0 Å². The Morgan fingerprint density at radius 2 is 1.39 bits per heavy atom. The molecule has 0 spiro atoms. The fourth-order valence-corrected chi connectivity index (χ4v) is 2.95. The molecular weight excluding hydrogens is 306 g/mol. The third-order valence-corrected chi connectivity index (χ3v) is 3.97. The van der Waals surface area contributed by atoms with Crippen LogP contribution in [0, 0.1) is 17.8 Å². The molecule has 1 saturated carbocycles. The molecule has 1 amide bonds. The minimum absolute atomic E-state index is 0.101. The molecule has 0 radical (unpaired) electrons. The van der Waals surface area contributed by atoms with Gasteiger partial charge in [0, 0.05) is 44.6 Å². The number of hydrogen-bond acceptors (Lipinski definition) is 7. The zero-order valence-electron chi connectivity index (χ0n) is 13.6. The summed E-state index contributed by atoms with van der Waals surface area (Å²) < 4.78 is 15.2. The normalized spacial score (nSPS) is 26.2. The van der Waals surface area contributed by atoms with Crippen LogP contribution in [0.25, 0.3) is 0 Å². The molecule has 1 N–H and O–H groups in total. The summed E-state index contributed by atoms with van der Waals surface area (Å²) in [5.41, 5.74) is 0. The number of ether oxygens (including phenoxy) is 3. The summed E-state index contributed by atoms with van der Waals surface area (Å²) in [5, 5.41) is 2.70. The van der Waals surface area contributed by atoms with Gasteiger partial charge in [0.05, 0.1) is 19.8 Å². The molecule has 0 bridgehead atoms. The predicted molar refractivity (Wildman–Crippen MR) is 78.0 cm³/mol. The highest BCUT2D eigenvalue weighted by Crippen LogP contribution is 2.38. The molecule has 0 heterocycles. The van der Waals surface area contributed by atoms with Crippen molar-refractivity contribution in [3.05, 3.63) is 0 Å². The first-order chi connectivity index (χ1) is 10.8. The molecule has 0 aromatic carbocycles. The summed E-state index contributed by atoms with van der Waals surface area (Å²) in [6.45, 7) is 4.29. The number of carbonyl (C=O) groups excluding carboxylic acids is 4. The smallest absolute Gasteiger partial charge is 0.302 e. The minimum Gasteiger partial charge on any atom is -0.466 e. The molecule has 0 aromatic rings. The Bertz CT molecular complexity index is 451. The standard InChI is InChI=1S/C15H23NO7/c1-9(18)21-5-12-4-15(16-8-17)14(7-23-11(3)20)13(12)6-22-10(2)19/h8,12-15H,4-7H2,1-3H3,(H,16,17)/t12-,13+,14-,15-/m1/s1. The Hall–Kier alpha value is -2.12. The number of carbonyl (C=O) groups is 4. The van der Waals surface area contributed by atoms with Gasteiger partial charge in [0.15, 0.2) is 0 Å². The van der Waals surface area contributed by atoms with Crippen LogP contribution >= 0.6 is 0 Å². The van der Waals surface area contributed by atoms with Crippen molar-refractivity contribution in [2.75, 3.05) is 19.8 Å². The van der Waals surface area contributed by atoms with E-state index in [1.54, 1.807) is 0 Å². The van der Waals surface area contributed by atoms with E-state index < -0.39 is 17.9 Å². The second-order valence-corrected chi connectivity index (χ2v) is 5.62. The molecule has 0 aromatic heterocycles. The van der Waals surface area contributed by atoms with Crippen molar-refractivity contribution in [3.8, 4) is 0 Å². The number of amides is 1. The van der Waals surface area contributed by atoms with Gasteiger partial charge in [-0.25, -0.2) is 0 Å². The van der Waals surface area contributed by atoms with Crippen LogP contribution < -0.4 is 5.32 Å². The van der Waals surface area contributed by atoms with Gasteiger partial charge in [-0.05, 0) is 6.42 Å². The highest BCUT2D eigenvalue weighted by atomic mass is 16.5. The van der Waals surface area contributed by atoms with Crippen LogP contribution in [0.1, 0.15) is 27.2 Å². The number of rotatable bonds is 8. The molecule has 1 aliphatic rings. The topological polar surface area (TPSA) is 108 Å². The summed E-state index contributed by atoms with van der Waals surface area (Å²) in [4.78, 5) is 44.0. The summed E-state index contributed by atoms with van der Waals surface area (Å²) in [6.07, 6.45) is 1.13. The average Bonchev–Trinajstić information content (AvgIpc) is 2.78. The molecule has 8 nitrogen and oxygen atoms in total. The monoisotopic (exact) mass is 329 g/mol. The minimum atomic E-state index is -0.426. The maximum absolute atomic E-state index is 11.1. The van der Waals surface area contributed by atoms with E-state index in [4.69, 9.17) is 14.2 Å². The zero-order chi connectivity index (χ0) is 17.4. The molecular formula is C15H23NO7. The quantitative estimate of drug-likeness (QED) is 0.380. The maximum Gasteiger partial charge on any atom is 0.302 e. The number of hydrogen-bond donors (Lipinski definition) is 1. The molecule has 1 fully saturated rings. The second kappa shape index (κ2) is 9.12. The van der Waals surface area contributed by atoms with Crippen molar-refractivity contribution in [1.82, 2.24) is 5.32 Å². The van der Waals surface area contributed by atoms with Crippen molar-refractivity contribution in [2.45, 2.75) is 33.2 Å². The Labute approximate surface area is 134 Å². The van der Waals surface area contributed by atoms with Crippen LogP contribution in [0.5, 0.6) is 0 Å². The van der Waals surface area contributed by atoms with Gasteiger partial charge in [0.2, 0.25) is 6.41 Å². The molecule has 23 heavy (non-hydrogen) atoms. The lowest BCUT2D eigenvalue weighted by Crippen LogP contribution is -2.37. The molecule has 0 saturated heterocycles. The van der Waals surface area contributed by atoms with Gasteiger partial charge in [0.1, 0.15) is 0 Å². The summed E-state index contributed by atoms with van der Waals surface area (Å²) in [7, 11) is 0. The molecule has 4 atom stereocenters. The van der Waals surface area contributed by atoms with E-state index in [0.29, 0.717) is 12.8 Å². The van der Waals surface area contributed by atoms with E-state index in [9.17, 15) is 19.2 Å². The average molecular weight is 329 g/mol. The molecule has 1 aliphatic carbocycles. The van der Waals surface area contributed by atoms with Crippen LogP contribution in [-0.4, -0.2) is 50.2 Å². The van der Waals surface area contributed by atoms with E-state index >= 15 is 0 Å². The van der Waals surface area contributed by atoms with E-state index in [2.05, 4.69) is 5.32 Å². The first-order valence-corrected chi connectivity index (χ1v) is 7.45. The van der Waals surface area contributed by atoms with E-state index in [0.717, 1.165) is 0 Å². The fourth-order valence-electron chi connectivity index (χ4n) is 2.95. The van der Waals surface area contributed by atoms with E-state index in [1.807, 2.05) is 0 Å². The van der Waals surface area contributed by atoms with Crippen LogP contribution in [0.15, 0.2) is 0 Å². The Morgan fingerprint density at radius 1 is 0.913 bits per heavy atom. The summed E-state index contributed by atoms with van der Waals surface area (Å²) in [6, 6.07) is -0.243. The van der Waals surface area contributed by atoms with Gasteiger partial charge in [-0.2, -0.15) is 0 Å². The van der Waals surface area contributed by atoms with Crippen LogP contribution in [0.3, 0.4) is 0 Å². The lowest BCUT2D eigenvalue weighted by atomic mass is 9.90. The Kier molecular flexibility index (Phi) is 7.50. The Balaban J connectivity index is 2.85. The van der Waals surface area contributed by atoms with E-state index in [-0.39, 0.29) is 43.6 Å². The largest absolute Gasteiger partial charge is 0.466 e. The van der Waals surface area contributed by atoms with Crippen LogP contribution in [-0.2, 0) is 33.4 Å². The highest BCUT2D eigenvalue weighted by molar-refractivity contribution is 5.66. The molecule has 0 unspecified atom stereocenters. The first kappa shape index (κ1) is 18.9. The predicted octanol–water partition coefficient (Wildman–Crippen LogP) is 0.0426. The SMILES string of the molecule is CC(=O)OC[C@H]1C[C@@H](NC=O)[C@H](COC(C)=O)[C@H]1COC(C)=O. The molecule has 0 aliphatic heterocycles. The maximum atomic E-state index is 11.1. The van der Waals surface area contributed by atoms with Gasteiger partial charge in [0.25, 0.3) is 0 Å². The van der Waals surface area contributed by atoms with Gasteiger partial charge in [-0.15, -0.1) is 0 Å². The zero-order valence-corrected chi connectivity index (χ0v) is 13.6. The molecule has 8 heteroatoms. The number of nitrogens with one attached hydrogen (secondary N) is 1. The van der Waals surface area contributed by atoms with Gasteiger partial charge >= 0.3 is 17.9 Å².